The maximum Gasteiger partial charge on any atom is 0.176 e. The van der Waals surface area contributed by atoms with Crippen molar-refractivity contribution in [1.82, 2.24) is 0 Å². The second kappa shape index (κ2) is 6.03. The number of rotatable bonds is 5. The van der Waals surface area contributed by atoms with Crippen molar-refractivity contribution in [1.29, 1.82) is 0 Å². The predicted molar refractivity (Wildman–Crippen MR) is 75.7 cm³/mol. The molecule has 0 saturated carbocycles. The molecule has 1 aromatic rings. The highest BCUT2D eigenvalue weighted by Gasteiger charge is 2.35. The summed E-state index contributed by atoms with van der Waals surface area (Å²) in [5, 5.41) is 19.1. The van der Waals surface area contributed by atoms with Gasteiger partial charge in [0.25, 0.3) is 0 Å². The number of ether oxygens (including phenoxy) is 1. The molecule has 0 heterocycles. The molecule has 4 heteroatoms. The van der Waals surface area contributed by atoms with Crippen molar-refractivity contribution in [2.45, 2.75) is 12.5 Å². The zero-order valence-electron chi connectivity index (χ0n) is 11.3. The van der Waals surface area contributed by atoms with Gasteiger partial charge in [0.05, 0.1) is 23.7 Å². The van der Waals surface area contributed by atoms with Crippen molar-refractivity contribution in [2.75, 3.05) is 13.2 Å². The molecule has 0 radical (unpaired) electrons. The predicted octanol–water partition coefficient (Wildman–Crippen LogP) is 1.73. The summed E-state index contributed by atoms with van der Waals surface area (Å²) in [6.45, 7) is 1.61. The highest BCUT2D eigenvalue weighted by atomic mass is 16.5. The third-order valence-electron chi connectivity index (χ3n) is 3.26. The van der Waals surface area contributed by atoms with E-state index in [-0.39, 0.29) is 19.0 Å². The maximum atomic E-state index is 12.6. The minimum atomic E-state index is -1.21. The normalized spacial score (nSPS) is 24.6. The van der Waals surface area contributed by atoms with E-state index in [4.69, 9.17) is 9.84 Å². The molecular weight excluding hydrogens is 256 g/mol. The summed E-state index contributed by atoms with van der Waals surface area (Å²) >= 11 is 0. The third-order valence-corrected chi connectivity index (χ3v) is 3.26. The number of hydrogen-bond donors (Lipinski definition) is 2. The zero-order valence-corrected chi connectivity index (χ0v) is 11.3. The number of allylic oxidation sites excluding steroid dienone is 2. The van der Waals surface area contributed by atoms with Crippen LogP contribution in [0.4, 0.5) is 0 Å². The van der Waals surface area contributed by atoms with E-state index in [9.17, 15) is 9.90 Å². The smallest absolute Gasteiger partial charge is 0.176 e. The first-order valence-corrected chi connectivity index (χ1v) is 6.51. The number of benzene rings is 1. The van der Waals surface area contributed by atoms with E-state index in [1.54, 1.807) is 55.5 Å². The van der Waals surface area contributed by atoms with Gasteiger partial charge in [-0.15, -0.1) is 0 Å². The fourth-order valence-electron chi connectivity index (χ4n) is 2.20. The van der Waals surface area contributed by atoms with Crippen molar-refractivity contribution in [2.24, 2.45) is 5.92 Å². The molecule has 2 N–H and O–H groups in total. The van der Waals surface area contributed by atoms with Crippen LogP contribution in [-0.4, -0.2) is 34.8 Å². The Morgan fingerprint density at radius 1 is 1.35 bits per heavy atom. The molecule has 2 atom stereocenters. The van der Waals surface area contributed by atoms with Crippen LogP contribution in [0, 0.1) is 5.92 Å². The monoisotopic (exact) mass is 274 g/mol. The average molecular weight is 274 g/mol. The Bertz CT molecular complexity index is 543. The zero-order chi connectivity index (χ0) is 14.6. The van der Waals surface area contributed by atoms with Crippen LogP contribution in [0.3, 0.4) is 0 Å². The van der Waals surface area contributed by atoms with Gasteiger partial charge in [0, 0.05) is 0 Å². The summed E-state index contributed by atoms with van der Waals surface area (Å²) in [4.78, 5) is 12.6. The second-order valence-electron chi connectivity index (χ2n) is 4.88. The molecule has 0 saturated heterocycles. The number of carbonyl (C=O) groups is 1. The van der Waals surface area contributed by atoms with E-state index in [2.05, 4.69) is 0 Å². The van der Waals surface area contributed by atoms with E-state index < -0.39 is 11.5 Å². The average Bonchev–Trinajstić information content (AvgIpc) is 2.44. The lowest BCUT2D eigenvalue weighted by Crippen LogP contribution is -2.38. The molecular formula is C16H18O4. The highest BCUT2D eigenvalue weighted by Crippen LogP contribution is 2.30. The molecule has 106 valence electrons. The van der Waals surface area contributed by atoms with Gasteiger partial charge < -0.3 is 14.9 Å². The molecule has 0 spiro atoms. The van der Waals surface area contributed by atoms with Gasteiger partial charge in [-0.1, -0.05) is 36.4 Å². The first kappa shape index (κ1) is 14.5. The SMILES string of the molecule is CC1(O)C=CC=CC1C(=O)c1ccccc1OCCO. The summed E-state index contributed by atoms with van der Waals surface area (Å²) < 4.78 is 5.37. The van der Waals surface area contributed by atoms with Gasteiger partial charge in [0.15, 0.2) is 5.78 Å². The standard InChI is InChI=1S/C16H18O4/c1-16(19)9-5-4-7-13(16)15(18)12-6-2-3-8-14(12)20-11-10-17/h2-9,13,17,19H,10-11H2,1H3. The lowest BCUT2D eigenvalue weighted by molar-refractivity contribution is 0.0518. The molecule has 2 unspecified atom stereocenters. The van der Waals surface area contributed by atoms with Crippen molar-refractivity contribution in [3.63, 3.8) is 0 Å². The van der Waals surface area contributed by atoms with Crippen LogP contribution >= 0.6 is 0 Å². The molecule has 0 aromatic heterocycles. The molecule has 0 fully saturated rings. The summed E-state index contributed by atoms with van der Waals surface area (Å²) in [5.74, 6) is -0.430. The lowest BCUT2D eigenvalue weighted by atomic mass is 9.80. The molecule has 4 nitrogen and oxygen atoms in total. The Morgan fingerprint density at radius 2 is 2.10 bits per heavy atom. The summed E-state index contributed by atoms with van der Waals surface area (Å²) in [6.07, 6.45) is 6.76. The van der Waals surface area contributed by atoms with Gasteiger partial charge in [0.1, 0.15) is 12.4 Å². The number of para-hydroxylation sites is 1. The van der Waals surface area contributed by atoms with Crippen molar-refractivity contribution >= 4 is 5.78 Å². The number of aliphatic hydroxyl groups excluding tert-OH is 1. The number of aliphatic hydroxyl groups is 2. The Balaban J connectivity index is 2.29. The summed E-state index contributed by atoms with van der Waals surface area (Å²) in [7, 11) is 0. The first-order valence-electron chi connectivity index (χ1n) is 6.51. The fraction of sp³-hybridized carbons (Fsp3) is 0.312. The van der Waals surface area contributed by atoms with Crippen LogP contribution < -0.4 is 4.74 Å². The van der Waals surface area contributed by atoms with Crippen LogP contribution in [0.2, 0.25) is 0 Å². The van der Waals surface area contributed by atoms with Gasteiger partial charge in [-0.2, -0.15) is 0 Å². The van der Waals surface area contributed by atoms with Gasteiger partial charge in [-0.05, 0) is 19.1 Å². The van der Waals surface area contributed by atoms with Crippen molar-refractivity contribution < 1.29 is 19.7 Å². The van der Waals surface area contributed by atoms with Crippen LogP contribution in [-0.2, 0) is 0 Å². The van der Waals surface area contributed by atoms with Crippen LogP contribution in [0.25, 0.3) is 0 Å². The lowest BCUT2D eigenvalue weighted by Gasteiger charge is -2.29. The quantitative estimate of drug-likeness (QED) is 0.803. The molecule has 1 aliphatic rings. The molecule has 0 bridgehead atoms. The number of ketones is 1. The molecule has 2 rings (SSSR count). The third kappa shape index (κ3) is 2.98. The molecule has 0 aliphatic heterocycles. The summed E-state index contributed by atoms with van der Waals surface area (Å²) in [6, 6.07) is 6.85. The maximum absolute atomic E-state index is 12.6. The van der Waals surface area contributed by atoms with Gasteiger partial charge in [0.2, 0.25) is 0 Å². The van der Waals surface area contributed by atoms with E-state index in [1.807, 2.05) is 0 Å². The van der Waals surface area contributed by atoms with E-state index in [1.165, 1.54) is 0 Å². The Morgan fingerprint density at radius 3 is 2.80 bits per heavy atom. The fourth-order valence-corrected chi connectivity index (χ4v) is 2.20. The second-order valence-corrected chi connectivity index (χ2v) is 4.88. The van der Waals surface area contributed by atoms with Gasteiger partial charge in [-0.3, -0.25) is 4.79 Å². The molecule has 0 amide bonds. The molecule has 1 aromatic carbocycles. The van der Waals surface area contributed by atoms with Gasteiger partial charge >= 0.3 is 0 Å². The number of Topliss-reactive ketones (excluding diaryl/α,β-unsaturated/α-hetero) is 1. The minimum Gasteiger partial charge on any atom is -0.490 e. The number of hydrogen-bond acceptors (Lipinski definition) is 4. The Labute approximate surface area is 118 Å². The Kier molecular flexibility index (Phi) is 4.37. The molecule has 1 aliphatic carbocycles. The van der Waals surface area contributed by atoms with E-state index in [0.29, 0.717) is 11.3 Å². The van der Waals surface area contributed by atoms with Gasteiger partial charge in [-0.25, -0.2) is 0 Å². The Hall–Kier alpha value is -1.91. The van der Waals surface area contributed by atoms with Crippen molar-refractivity contribution in [3.8, 4) is 5.75 Å². The first-order chi connectivity index (χ1) is 9.56. The van der Waals surface area contributed by atoms with Crippen LogP contribution in [0.15, 0.2) is 48.6 Å². The topological polar surface area (TPSA) is 66.8 Å². The highest BCUT2D eigenvalue weighted by molar-refractivity contribution is 6.02. The number of carbonyl (C=O) groups excluding carboxylic acids is 1. The van der Waals surface area contributed by atoms with E-state index >= 15 is 0 Å². The van der Waals surface area contributed by atoms with Crippen LogP contribution in [0.1, 0.15) is 17.3 Å². The van der Waals surface area contributed by atoms with E-state index in [0.717, 1.165) is 0 Å². The largest absolute Gasteiger partial charge is 0.490 e. The van der Waals surface area contributed by atoms with Crippen LogP contribution in [0.5, 0.6) is 5.75 Å². The minimum absolute atomic E-state index is 0.119. The summed E-state index contributed by atoms with van der Waals surface area (Å²) in [5.41, 5.74) is -0.804. The van der Waals surface area contributed by atoms with Crippen molar-refractivity contribution in [3.05, 3.63) is 54.1 Å². The molecule has 20 heavy (non-hydrogen) atoms.